The molecule has 2 aromatic heterocycles. The Morgan fingerprint density at radius 2 is 2.05 bits per heavy atom. The first kappa shape index (κ1) is 14.7. The van der Waals surface area contributed by atoms with Crippen molar-refractivity contribution in [1.29, 1.82) is 0 Å². The van der Waals surface area contributed by atoms with Crippen molar-refractivity contribution < 1.29 is 5.11 Å². The molecule has 0 bridgehead atoms. The van der Waals surface area contributed by atoms with Crippen LogP contribution in [0.2, 0.25) is 5.28 Å². The maximum atomic E-state index is 9.65. The number of anilines is 1. The topological polar surface area (TPSA) is 88.8 Å². The summed E-state index contributed by atoms with van der Waals surface area (Å²) < 4.78 is 1.64. The van der Waals surface area contributed by atoms with Crippen molar-refractivity contribution in [3.05, 3.63) is 41.2 Å². The summed E-state index contributed by atoms with van der Waals surface area (Å²) in [5, 5.41) is 21.0. The molecule has 3 rings (SSSR count). The number of nitrogens with one attached hydrogen (secondary N) is 1. The zero-order valence-electron chi connectivity index (χ0n) is 11.9. The van der Waals surface area contributed by atoms with Gasteiger partial charge in [-0.05, 0) is 24.1 Å². The Morgan fingerprint density at radius 3 is 2.73 bits per heavy atom. The molecule has 0 fully saturated rings. The fourth-order valence-corrected chi connectivity index (χ4v) is 2.39. The van der Waals surface area contributed by atoms with Gasteiger partial charge in [0.25, 0.3) is 0 Å². The van der Waals surface area contributed by atoms with Gasteiger partial charge in [-0.15, -0.1) is 5.10 Å². The molecule has 114 valence electrons. The zero-order chi connectivity index (χ0) is 15.5. The molecular weight excluding hydrogens is 304 g/mol. The minimum atomic E-state index is -0.317. The van der Waals surface area contributed by atoms with Crippen molar-refractivity contribution in [2.24, 2.45) is 0 Å². The molecule has 2 heterocycles. The highest BCUT2D eigenvalue weighted by atomic mass is 35.5. The lowest BCUT2D eigenvalue weighted by molar-refractivity contribution is 0.276. The Kier molecular flexibility index (Phi) is 4.17. The van der Waals surface area contributed by atoms with E-state index in [0.29, 0.717) is 23.5 Å². The van der Waals surface area contributed by atoms with Gasteiger partial charge in [0.1, 0.15) is 0 Å². The summed E-state index contributed by atoms with van der Waals surface area (Å²) >= 11 is 5.99. The minimum Gasteiger partial charge on any atom is -0.394 e. The van der Waals surface area contributed by atoms with E-state index < -0.39 is 0 Å². The van der Waals surface area contributed by atoms with Crippen LogP contribution in [0.4, 0.5) is 5.82 Å². The summed E-state index contributed by atoms with van der Waals surface area (Å²) in [6.07, 6.45) is 0. The number of fused-ring (bicyclic) bond motifs is 1. The highest BCUT2D eigenvalue weighted by molar-refractivity contribution is 6.28. The van der Waals surface area contributed by atoms with Crippen LogP contribution in [0, 0.1) is 0 Å². The molecule has 0 amide bonds. The van der Waals surface area contributed by atoms with Crippen LogP contribution >= 0.6 is 11.6 Å². The van der Waals surface area contributed by atoms with E-state index in [0.717, 1.165) is 5.56 Å². The standard InChI is InChI=1S/C14H15ClN6O/c1-2-21-13-11(19-20-21)12(17-14(15)18-13)16-10(8-22)9-6-4-3-5-7-9/h3-7,10,22H,2,8H2,1H3,(H,16,17,18). The van der Waals surface area contributed by atoms with E-state index in [1.165, 1.54) is 0 Å². The molecule has 1 unspecified atom stereocenters. The summed E-state index contributed by atoms with van der Waals surface area (Å²) in [4.78, 5) is 8.34. The van der Waals surface area contributed by atoms with Crippen molar-refractivity contribution in [1.82, 2.24) is 25.0 Å². The number of nitrogens with zero attached hydrogens (tertiary/aromatic N) is 5. The first-order valence-corrected chi connectivity index (χ1v) is 7.29. The Bertz CT molecular complexity index is 776. The second kappa shape index (κ2) is 6.25. The molecule has 0 aliphatic carbocycles. The van der Waals surface area contributed by atoms with E-state index >= 15 is 0 Å². The smallest absolute Gasteiger partial charge is 0.226 e. The van der Waals surface area contributed by atoms with Crippen molar-refractivity contribution in [3.63, 3.8) is 0 Å². The van der Waals surface area contributed by atoms with E-state index in [1.54, 1.807) is 4.68 Å². The number of aliphatic hydroxyl groups is 1. The molecule has 0 aliphatic heterocycles. The molecule has 8 heteroatoms. The Labute approximate surface area is 132 Å². The quantitative estimate of drug-likeness (QED) is 0.700. The van der Waals surface area contributed by atoms with Gasteiger partial charge in [-0.3, -0.25) is 0 Å². The molecule has 1 aromatic carbocycles. The first-order valence-electron chi connectivity index (χ1n) is 6.92. The number of aryl methyl sites for hydroxylation is 1. The first-order chi connectivity index (χ1) is 10.7. The molecule has 1 atom stereocenters. The van der Waals surface area contributed by atoms with Gasteiger partial charge in [0, 0.05) is 6.54 Å². The number of benzene rings is 1. The number of halogens is 1. The van der Waals surface area contributed by atoms with E-state index in [2.05, 4.69) is 25.6 Å². The number of rotatable bonds is 5. The van der Waals surface area contributed by atoms with Crippen molar-refractivity contribution in [3.8, 4) is 0 Å². The van der Waals surface area contributed by atoms with Crippen LogP contribution in [0.15, 0.2) is 30.3 Å². The molecule has 0 saturated carbocycles. The van der Waals surface area contributed by atoms with Gasteiger partial charge in [0.15, 0.2) is 17.0 Å². The van der Waals surface area contributed by atoms with Crippen LogP contribution in [-0.2, 0) is 6.54 Å². The minimum absolute atomic E-state index is 0.0883. The Hall–Kier alpha value is -2.25. The van der Waals surface area contributed by atoms with Gasteiger partial charge in [-0.1, -0.05) is 35.5 Å². The largest absolute Gasteiger partial charge is 0.394 e. The van der Waals surface area contributed by atoms with Gasteiger partial charge < -0.3 is 10.4 Å². The highest BCUT2D eigenvalue weighted by Crippen LogP contribution is 2.24. The lowest BCUT2D eigenvalue weighted by Crippen LogP contribution is -2.16. The normalized spacial score (nSPS) is 12.5. The number of aliphatic hydroxyl groups excluding tert-OH is 1. The molecule has 3 aromatic rings. The summed E-state index contributed by atoms with van der Waals surface area (Å²) in [6.45, 7) is 2.48. The predicted octanol–water partition coefficient (Wildman–Crippen LogP) is 2.04. The molecular formula is C14H15ClN6O. The van der Waals surface area contributed by atoms with Crippen LogP contribution in [0.25, 0.3) is 11.2 Å². The average molecular weight is 319 g/mol. The SMILES string of the molecule is CCn1nnc2c(NC(CO)c3ccccc3)nc(Cl)nc21. The fourth-order valence-electron chi connectivity index (χ4n) is 2.23. The summed E-state index contributed by atoms with van der Waals surface area (Å²) in [6, 6.07) is 9.28. The fraction of sp³-hybridized carbons (Fsp3) is 0.286. The number of aromatic nitrogens is 5. The maximum Gasteiger partial charge on any atom is 0.226 e. The lowest BCUT2D eigenvalue weighted by Gasteiger charge is -2.17. The third kappa shape index (κ3) is 2.72. The Morgan fingerprint density at radius 1 is 1.27 bits per heavy atom. The zero-order valence-corrected chi connectivity index (χ0v) is 12.7. The van der Waals surface area contributed by atoms with Crippen LogP contribution in [-0.4, -0.2) is 36.7 Å². The van der Waals surface area contributed by atoms with E-state index in [4.69, 9.17) is 11.6 Å². The summed E-state index contributed by atoms with van der Waals surface area (Å²) in [5.74, 6) is 0.456. The molecule has 22 heavy (non-hydrogen) atoms. The molecule has 7 nitrogen and oxygen atoms in total. The molecule has 0 saturated heterocycles. The second-order valence-corrected chi connectivity index (χ2v) is 5.05. The van der Waals surface area contributed by atoms with Gasteiger partial charge in [0.2, 0.25) is 5.28 Å². The monoisotopic (exact) mass is 318 g/mol. The number of hydrogen-bond donors (Lipinski definition) is 2. The maximum absolute atomic E-state index is 9.65. The second-order valence-electron chi connectivity index (χ2n) is 4.71. The van der Waals surface area contributed by atoms with Gasteiger partial charge in [0.05, 0.1) is 12.6 Å². The summed E-state index contributed by atoms with van der Waals surface area (Å²) in [5.41, 5.74) is 2.03. The van der Waals surface area contributed by atoms with Crippen molar-refractivity contribution in [2.45, 2.75) is 19.5 Å². The third-order valence-electron chi connectivity index (χ3n) is 3.33. The lowest BCUT2D eigenvalue weighted by atomic mass is 10.1. The summed E-state index contributed by atoms with van der Waals surface area (Å²) in [7, 11) is 0. The molecule has 0 spiro atoms. The van der Waals surface area contributed by atoms with Crippen molar-refractivity contribution in [2.75, 3.05) is 11.9 Å². The Balaban J connectivity index is 2.01. The van der Waals surface area contributed by atoms with Crippen LogP contribution in [0.3, 0.4) is 0 Å². The van der Waals surface area contributed by atoms with E-state index in [1.807, 2.05) is 37.3 Å². The number of hydrogen-bond acceptors (Lipinski definition) is 6. The van der Waals surface area contributed by atoms with Crippen molar-refractivity contribution >= 4 is 28.6 Å². The third-order valence-corrected chi connectivity index (χ3v) is 3.50. The van der Waals surface area contributed by atoms with Crippen LogP contribution in [0.1, 0.15) is 18.5 Å². The van der Waals surface area contributed by atoms with Gasteiger partial charge in [-0.25, -0.2) is 4.68 Å². The van der Waals surface area contributed by atoms with Crippen LogP contribution in [0.5, 0.6) is 0 Å². The molecule has 0 radical (unpaired) electrons. The average Bonchev–Trinajstić information content (AvgIpc) is 2.96. The molecule has 2 N–H and O–H groups in total. The van der Waals surface area contributed by atoms with Gasteiger partial charge in [-0.2, -0.15) is 9.97 Å². The predicted molar refractivity (Wildman–Crippen MR) is 83.7 cm³/mol. The van der Waals surface area contributed by atoms with Crippen LogP contribution < -0.4 is 5.32 Å². The van der Waals surface area contributed by atoms with Gasteiger partial charge >= 0.3 is 0 Å². The highest BCUT2D eigenvalue weighted by Gasteiger charge is 2.17. The van der Waals surface area contributed by atoms with E-state index in [9.17, 15) is 5.11 Å². The molecule has 0 aliphatic rings. The van der Waals surface area contributed by atoms with E-state index in [-0.39, 0.29) is 17.9 Å².